The number of benzene rings is 2. The molecule has 0 saturated carbocycles. The smallest absolute Gasteiger partial charge is 0.258 e. The first kappa shape index (κ1) is 18.1. The van der Waals surface area contributed by atoms with Gasteiger partial charge in [0.2, 0.25) is 0 Å². The number of amides is 1. The first-order chi connectivity index (χ1) is 12.4. The lowest BCUT2D eigenvalue weighted by Crippen LogP contribution is -2.41. The fourth-order valence-corrected chi connectivity index (χ4v) is 4.05. The van der Waals surface area contributed by atoms with Gasteiger partial charge in [-0.15, -0.1) is 0 Å². The van der Waals surface area contributed by atoms with E-state index in [2.05, 4.69) is 0 Å². The minimum absolute atomic E-state index is 0.201. The zero-order chi connectivity index (χ0) is 18.7. The van der Waals surface area contributed by atoms with E-state index in [4.69, 9.17) is 4.74 Å². The second kappa shape index (κ2) is 7.29. The Morgan fingerprint density at radius 2 is 1.81 bits per heavy atom. The van der Waals surface area contributed by atoms with E-state index in [1.165, 1.54) is 35.2 Å². The molecule has 1 aliphatic rings. The Balaban J connectivity index is 1.95. The molecule has 0 N–H and O–H groups in total. The average Bonchev–Trinajstić information content (AvgIpc) is 2.97. The van der Waals surface area contributed by atoms with Crippen molar-refractivity contribution in [2.45, 2.75) is 13.0 Å². The van der Waals surface area contributed by atoms with Gasteiger partial charge in [-0.1, -0.05) is 0 Å². The summed E-state index contributed by atoms with van der Waals surface area (Å²) in [6, 6.07) is 11.4. The molecule has 2 aromatic carbocycles. The van der Waals surface area contributed by atoms with Crippen LogP contribution in [0.3, 0.4) is 0 Å². The zero-order valence-corrected chi connectivity index (χ0v) is 14.9. The molecule has 5 nitrogen and oxygen atoms in total. The molecule has 3 rings (SSSR count). The largest absolute Gasteiger partial charge is 0.494 e. The van der Waals surface area contributed by atoms with Gasteiger partial charge in [-0.3, -0.25) is 4.79 Å². The van der Waals surface area contributed by atoms with Gasteiger partial charge < -0.3 is 9.64 Å². The number of nitrogens with zero attached hydrogens (tertiary/aromatic N) is 1. The minimum Gasteiger partial charge on any atom is -0.494 e. The highest BCUT2D eigenvalue weighted by molar-refractivity contribution is 7.94. The SMILES string of the molecule is CCOc1ccc(C(=O)N(c2ccc(F)cc2)C2C=CS(=O)(=O)C2)cc1. The molecule has 0 radical (unpaired) electrons. The van der Waals surface area contributed by atoms with E-state index in [9.17, 15) is 17.6 Å². The molecule has 0 bridgehead atoms. The van der Waals surface area contributed by atoms with Gasteiger partial charge >= 0.3 is 0 Å². The molecule has 0 aromatic heterocycles. The fraction of sp³-hybridized carbons (Fsp3) is 0.211. The van der Waals surface area contributed by atoms with Crippen LogP contribution in [0.2, 0.25) is 0 Å². The Morgan fingerprint density at radius 1 is 1.15 bits per heavy atom. The number of carbonyl (C=O) groups excluding carboxylic acids is 1. The Kier molecular flexibility index (Phi) is 5.08. The van der Waals surface area contributed by atoms with Crippen LogP contribution in [0.1, 0.15) is 17.3 Å². The summed E-state index contributed by atoms with van der Waals surface area (Å²) < 4.78 is 42.2. The van der Waals surface area contributed by atoms with Gasteiger partial charge in [0.25, 0.3) is 5.91 Å². The van der Waals surface area contributed by atoms with Gasteiger partial charge in [0.1, 0.15) is 11.6 Å². The lowest BCUT2D eigenvalue weighted by Gasteiger charge is -2.28. The number of anilines is 1. The molecule has 1 amide bonds. The van der Waals surface area contributed by atoms with Crippen molar-refractivity contribution in [3.05, 3.63) is 71.4 Å². The van der Waals surface area contributed by atoms with Crippen molar-refractivity contribution in [2.24, 2.45) is 0 Å². The topological polar surface area (TPSA) is 63.7 Å². The zero-order valence-electron chi connectivity index (χ0n) is 14.1. The number of rotatable bonds is 5. The summed E-state index contributed by atoms with van der Waals surface area (Å²) in [5.41, 5.74) is 0.813. The highest BCUT2D eigenvalue weighted by atomic mass is 32.2. The van der Waals surface area contributed by atoms with Crippen molar-refractivity contribution in [1.82, 2.24) is 0 Å². The molecular weight excluding hydrogens is 357 g/mol. The lowest BCUT2D eigenvalue weighted by atomic mass is 10.1. The van der Waals surface area contributed by atoms with Crippen molar-refractivity contribution >= 4 is 21.4 Å². The number of hydrogen-bond donors (Lipinski definition) is 0. The first-order valence-electron chi connectivity index (χ1n) is 8.12. The maximum absolute atomic E-state index is 13.3. The molecule has 0 fully saturated rings. The van der Waals surface area contributed by atoms with E-state index in [1.807, 2.05) is 6.92 Å². The summed E-state index contributed by atoms with van der Waals surface area (Å²) in [4.78, 5) is 14.4. The molecule has 1 aliphatic heterocycles. The Bertz CT molecular complexity index is 921. The minimum atomic E-state index is -3.35. The van der Waals surface area contributed by atoms with Crippen LogP contribution in [-0.2, 0) is 9.84 Å². The van der Waals surface area contributed by atoms with Gasteiger partial charge in [-0.25, -0.2) is 12.8 Å². The first-order valence-corrected chi connectivity index (χ1v) is 9.84. The number of sulfone groups is 1. The van der Waals surface area contributed by atoms with Crippen LogP contribution in [0.15, 0.2) is 60.0 Å². The second-order valence-corrected chi connectivity index (χ2v) is 7.77. The van der Waals surface area contributed by atoms with Crippen LogP contribution in [0.4, 0.5) is 10.1 Å². The molecule has 0 spiro atoms. The van der Waals surface area contributed by atoms with Gasteiger partial charge in [0, 0.05) is 16.7 Å². The molecule has 136 valence electrons. The predicted molar refractivity (Wildman–Crippen MR) is 97.5 cm³/mol. The van der Waals surface area contributed by atoms with Gasteiger partial charge in [-0.05, 0) is 61.5 Å². The van der Waals surface area contributed by atoms with Gasteiger partial charge in [-0.2, -0.15) is 0 Å². The van der Waals surface area contributed by atoms with E-state index in [0.29, 0.717) is 23.6 Å². The van der Waals surface area contributed by atoms with Crippen molar-refractivity contribution in [2.75, 3.05) is 17.3 Å². The van der Waals surface area contributed by atoms with Crippen molar-refractivity contribution in [3.63, 3.8) is 0 Å². The van der Waals surface area contributed by atoms with E-state index in [-0.39, 0.29) is 11.7 Å². The Morgan fingerprint density at radius 3 is 2.35 bits per heavy atom. The van der Waals surface area contributed by atoms with Crippen molar-refractivity contribution in [3.8, 4) is 5.75 Å². The van der Waals surface area contributed by atoms with E-state index >= 15 is 0 Å². The summed E-state index contributed by atoms with van der Waals surface area (Å²) in [7, 11) is -3.35. The third-order valence-electron chi connectivity index (χ3n) is 3.98. The summed E-state index contributed by atoms with van der Waals surface area (Å²) in [5, 5.41) is 1.11. The molecule has 2 aromatic rings. The number of carbonyl (C=O) groups is 1. The second-order valence-electron chi connectivity index (χ2n) is 5.83. The van der Waals surface area contributed by atoms with Gasteiger partial charge in [0.15, 0.2) is 9.84 Å². The van der Waals surface area contributed by atoms with Crippen LogP contribution >= 0.6 is 0 Å². The Hall–Kier alpha value is -2.67. The highest BCUT2D eigenvalue weighted by Gasteiger charge is 2.32. The summed E-state index contributed by atoms with van der Waals surface area (Å²) in [5.74, 6) is -0.364. The van der Waals surface area contributed by atoms with Gasteiger partial charge in [0.05, 0.1) is 18.4 Å². The summed E-state index contributed by atoms with van der Waals surface area (Å²) in [6.07, 6.45) is 1.48. The molecule has 1 heterocycles. The Labute approximate surface area is 151 Å². The predicted octanol–water partition coefficient (Wildman–Crippen LogP) is 3.18. The quantitative estimate of drug-likeness (QED) is 0.805. The molecule has 1 atom stereocenters. The maximum Gasteiger partial charge on any atom is 0.258 e. The molecule has 26 heavy (non-hydrogen) atoms. The third-order valence-corrected chi connectivity index (χ3v) is 5.36. The van der Waals surface area contributed by atoms with Crippen LogP contribution < -0.4 is 9.64 Å². The average molecular weight is 375 g/mol. The third kappa shape index (κ3) is 3.94. The normalized spacial score (nSPS) is 17.8. The van der Waals surface area contributed by atoms with E-state index < -0.39 is 21.7 Å². The summed E-state index contributed by atoms with van der Waals surface area (Å²) >= 11 is 0. The molecular formula is C19H18FNO4S. The van der Waals surface area contributed by atoms with Crippen molar-refractivity contribution < 1.29 is 22.3 Å². The lowest BCUT2D eigenvalue weighted by molar-refractivity contribution is 0.0983. The number of halogens is 1. The molecule has 0 aliphatic carbocycles. The van der Waals surface area contributed by atoms with Crippen LogP contribution in [0, 0.1) is 5.82 Å². The van der Waals surface area contributed by atoms with Crippen LogP contribution in [-0.4, -0.2) is 32.7 Å². The number of ether oxygens (including phenoxy) is 1. The monoisotopic (exact) mass is 375 g/mol. The van der Waals surface area contributed by atoms with Crippen LogP contribution in [0.25, 0.3) is 0 Å². The standard InChI is InChI=1S/C19H18FNO4S/c1-2-25-18-9-3-14(4-10-18)19(22)21(16-7-5-15(20)6-8-16)17-11-12-26(23,24)13-17/h3-12,17H,2,13H2,1H3. The van der Waals surface area contributed by atoms with Crippen molar-refractivity contribution in [1.29, 1.82) is 0 Å². The van der Waals surface area contributed by atoms with Crippen LogP contribution in [0.5, 0.6) is 5.75 Å². The fourth-order valence-electron chi connectivity index (χ4n) is 2.78. The molecule has 0 saturated heterocycles. The molecule has 7 heteroatoms. The number of hydrogen-bond acceptors (Lipinski definition) is 4. The highest BCUT2D eigenvalue weighted by Crippen LogP contribution is 2.26. The van der Waals surface area contributed by atoms with E-state index in [1.54, 1.807) is 24.3 Å². The van der Waals surface area contributed by atoms with E-state index in [0.717, 1.165) is 5.41 Å². The summed E-state index contributed by atoms with van der Waals surface area (Å²) in [6.45, 7) is 2.38. The maximum atomic E-state index is 13.3. The molecule has 1 unspecified atom stereocenters.